The van der Waals surface area contributed by atoms with Crippen LogP contribution >= 0.6 is 11.6 Å². The summed E-state index contributed by atoms with van der Waals surface area (Å²) in [6.45, 7) is 5.45. The molecule has 0 bridgehead atoms. The van der Waals surface area contributed by atoms with E-state index in [1.807, 2.05) is 68.7 Å². The van der Waals surface area contributed by atoms with Crippen LogP contribution < -0.4 is 10.6 Å². The Kier molecular flexibility index (Phi) is 7.17. The maximum atomic E-state index is 13.9. The molecule has 0 aliphatic carbocycles. The van der Waals surface area contributed by atoms with Crippen molar-refractivity contribution in [3.05, 3.63) is 76.8 Å². The van der Waals surface area contributed by atoms with Crippen LogP contribution in [0.2, 0.25) is 5.02 Å². The molecule has 7 heteroatoms. The summed E-state index contributed by atoms with van der Waals surface area (Å²) in [6.07, 6.45) is -1.82. The average molecular weight is 494 g/mol. The van der Waals surface area contributed by atoms with Crippen molar-refractivity contribution in [3.8, 4) is 0 Å². The van der Waals surface area contributed by atoms with Gasteiger partial charge in [-0.05, 0) is 54.0 Å². The molecule has 0 fully saturated rings. The zero-order valence-corrected chi connectivity index (χ0v) is 21.4. The fourth-order valence-electron chi connectivity index (χ4n) is 5.10. The van der Waals surface area contributed by atoms with E-state index in [9.17, 15) is 9.59 Å². The number of carbonyl (C=O) groups is 2. The Labute approximate surface area is 211 Å². The lowest BCUT2D eigenvalue weighted by Gasteiger charge is -2.35. The summed E-state index contributed by atoms with van der Waals surface area (Å²) in [7, 11) is 4.02. The van der Waals surface area contributed by atoms with Gasteiger partial charge < -0.3 is 20.3 Å². The molecular formula is C28H32ClN3O3. The Hall–Kier alpha value is -2.93. The molecule has 184 valence electrons. The van der Waals surface area contributed by atoms with E-state index in [-0.39, 0.29) is 17.7 Å². The van der Waals surface area contributed by atoms with Crippen LogP contribution in [0.15, 0.2) is 60.7 Å². The molecule has 0 radical (unpaired) electrons. The molecular weight excluding hydrogens is 462 g/mol. The largest absolute Gasteiger partial charge is 0.370 e. The molecule has 3 aromatic rings. The molecule has 0 unspecified atom stereocenters. The second kappa shape index (κ2) is 9.97. The van der Waals surface area contributed by atoms with Gasteiger partial charge in [-0.1, -0.05) is 67.9 Å². The molecule has 2 atom stereocenters. The minimum absolute atomic E-state index is 0.202. The summed E-state index contributed by atoms with van der Waals surface area (Å²) < 4.78 is 6.47. The number of carbonyl (C=O) groups excluding carboxylic acids is 2. The third kappa shape index (κ3) is 5.50. The second-order valence-corrected chi connectivity index (χ2v) is 10.7. The maximum Gasteiger partial charge on any atom is 0.256 e. The lowest BCUT2D eigenvalue weighted by atomic mass is 9.90. The number of amides is 2. The molecule has 0 spiro atoms. The number of rotatable bonds is 7. The number of nitrogens with two attached hydrogens (primary N) is 1. The standard InChI is InChI=1S/C28H32ClN3O3/c1-28(2,16-31(3)4)17-32-23-13-12-19(29)14-22(23)26(35-24(27(32)34)15-25(30)33)21-11-7-9-18-8-5-6-10-20(18)21/h5-14,24,26H,15-17H2,1-4H3,(H2,30,33)/t24-,26-/m0/s1. The lowest BCUT2D eigenvalue weighted by molar-refractivity contribution is -0.137. The summed E-state index contributed by atoms with van der Waals surface area (Å²) >= 11 is 6.47. The number of halogens is 1. The Balaban J connectivity index is 1.91. The topological polar surface area (TPSA) is 75.9 Å². The van der Waals surface area contributed by atoms with E-state index >= 15 is 0 Å². The molecule has 0 saturated carbocycles. The SMILES string of the molecule is CN(C)CC(C)(C)CN1C(=O)[C@H](CC(N)=O)O[C@@H](c2cccc3ccccc23)c2cc(Cl)ccc21. The van der Waals surface area contributed by atoms with Gasteiger partial charge in [0.15, 0.2) is 0 Å². The second-order valence-electron chi connectivity index (χ2n) is 10.3. The summed E-state index contributed by atoms with van der Waals surface area (Å²) in [5.41, 5.74) is 7.76. The number of anilines is 1. The van der Waals surface area contributed by atoms with Gasteiger partial charge in [0, 0.05) is 29.4 Å². The maximum absolute atomic E-state index is 13.9. The van der Waals surface area contributed by atoms with Gasteiger partial charge in [-0.3, -0.25) is 9.59 Å². The zero-order chi connectivity index (χ0) is 25.3. The molecule has 3 aromatic carbocycles. The number of fused-ring (bicyclic) bond motifs is 2. The van der Waals surface area contributed by atoms with Gasteiger partial charge in [-0.25, -0.2) is 0 Å². The predicted molar refractivity (Wildman–Crippen MR) is 141 cm³/mol. The Bertz CT molecular complexity index is 1250. The van der Waals surface area contributed by atoms with Crippen molar-refractivity contribution in [1.29, 1.82) is 0 Å². The van der Waals surface area contributed by atoms with Crippen LogP contribution in [0, 0.1) is 5.41 Å². The number of nitrogens with zero attached hydrogens (tertiary/aromatic N) is 2. The zero-order valence-electron chi connectivity index (χ0n) is 20.6. The van der Waals surface area contributed by atoms with Gasteiger partial charge in [0.2, 0.25) is 5.91 Å². The normalized spacial score (nSPS) is 18.6. The van der Waals surface area contributed by atoms with Crippen molar-refractivity contribution in [1.82, 2.24) is 4.90 Å². The quantitative estimate of drug-likeness (QED) is 0.514. The summed E-state index contributed by atoms with van der Waals surface area (Å²) in [4.78, 5) is 29.7. The molecule has 1 aliphatic rings. The van der Waals surface area contributed by atoms with Crippen molar-refractivity contribution in [2.75, 3.05) is 32.1 Å². The van der Waals surface area contributed by atoms with E-state index in [1.54, 1.807) is 11.0 Å². The van der Waals surface area contributed by atoms with Crippen LogP contribution in [0.1, 0.15) is 37.5 Å². The molecule has 35 heavy (non-hydrogen) atoms. The van der Waals surface area contributed by atoms with E-state index in [0.29, 0.717) is 11.6 Å². The number of ether oxygens (including phenoxy) is 1. The highest BCUT2D eigenvalue weighted by atomic mass is 35.5. The van der Waals surface area contributed by atoms with Gasteiger partial charge in [-0.15, -0.1) is 0 Å². The van der Waals surface area contributed by atoms with Gasteiger partial charge in [0.25, 0.3) is 5.91 Å². The first-order valence-electron chi connectivity index (χ1n) is 11.7. The lowest BCUT2D eigenvalue weighted by Crippen LogP contribution is -2.47. The monoisotopic (exact) mass is 493 g/mol. The van der Waals surface area contributed by atoms with E-state index in [1.165, 1.54) is 0 Å². The van der Waals surface area contributed by atoms with Crippen molar-refractivity contribution in [2.24, 2.45) is 11.1 Å². The molecule has 0 saturated heterocycles. The average Bonchev–Trinajstić information content (AvgIpc) is 2.87. The first-order valence-corrected chi connectivity index (χ1v) is 12.1. The summed E-state index contributed by atoms with van der Waals surface area (Å²) in [6, 6.07) is 19.6. The van der Waals surface area contributed by atoms with E-state index in [0.717, 1.165) is 34.1 Å². The number of hydrogen-bond acceptors (Lipinski definition) is 4. The predicted octanol–water partition coefficient (Wildman–Crippen LogP) is 4.78. The van der Waals surface area contributed by atoms with Gasteiger partial charge >= 0.3 is 0 Å². The van der Waals surface area contributed by atoms with Crippen LogP contribution in [-0.2, 0) is 14.3 Å². The highest BCUT2D eigenvalue weighted by molar-refractivity contribution is 6.30. The molecule has 1 aliphatic heterocycles. The first-order chi connectivity index (χ1) is 16.6. The van der Waals surface area contributed by atoms with Gasteiger partial charge in [0.05, 0.1) is 6.42 Å². The highest BCUT2D eigenvalue weighted by Gasteiger charge is 2.39. The van der Waals surface area contributed by atoms with Crippen LogP contribution in [0.3, 0.4) is 0 Å². The number of primary amides is 1. The highest BCUT2D eigenvalue weighted by Crippen LogP contribution is 2.42. The fourth-order valence-corrected chi connectivity index (χ4v) is 5.29. The molecule has 4 rings (SSSR count). The van der Waals surface area contributed by atoms with Crippen molar-refractivity contribution in [2.45, 2.75) is 32.5 Å². The Morgan fingerprint density at radius 2 is 1.80 bits per heavy atom. The van der Waals surface area contributed by atoms with E-state index < -0.39 is 18.1 Å². The smallest absolute Gasteiger partial charge is 0.256 e. The van der Waals surface area contributed by atoms with Crippen molar-refractivity contribution >= 4 is 39.9 Å². The molecule has 0 aromatic heterocycles. The summed E-state index contributed by atoms with van der Waals surface area (Å²) in [5, 5.41) is 2.62. The van der Waals surface area contributed by atoms with Crippen LogP contribution in [0.25, 0.3) is 10.8 Å². The van der Waals surface area contributed by atoms with E-state index in [4.69, 9.17) is 22.1 Å². The number of benzene rings is 3. The third-order valence-electron chi connectivity index (χ3n) is 6.23. The first kappa shape index (κ1) is 25.2. The fraction of sp³-hybridized carbons (Fsp3) is 0.357. The van der Waals surface area contributed by atoms with Crippen LogP contribution in [0.5, 0.6) is 0 Å². The molecule has 2 amide bonds. The molecule has 1 heterocycles. The van der Waals surface area contributed by atoms with Gasteiger partial charge in [-0.2, -0.15) is 0 Å². The molecule has 6 nitrogen and oxygen atoms in total. The third-order valence-corrected chi connectivity index (χ3v) is 6.46. The van der Waals surface area contributed by atoms with Crippen LogP contribution in [0.4, 0.5) is 5.69 Å². The van der Waals surface area contributed by atoms with Gasteiger partial charge in [0.1, 0.15) is 12.2 Å². The molecule has 2 N–H and O–H groups in total. The Morgan fingerprint density at radius 1 is 1.09 bits per heavy atom. The summed E-state index contributed by atoms with van der Waals surface area (Å²) in [5.74, 6) is -0.863. The van der Waals surface area contributed by atoms with Crippen LogP contribution in [-0.4, -0.2) is 50.0 Å². The van der Waals surface area contributed by atoms with E-state index in [2.05, 4.69) is 18.7 Å². The minimum atomic E-state index is -1.02. The minimum Gasteiger partial charge on any atom is -0.370 e. The van der Waals surface area contributed by atoms with Crippen molar-refractivity contribution in [3.63, 3.8) is 0 Å². The van der Waals surface area contributed by atoms with Crippen molar-refractivity contribution < 1.29 is 14.3 Å². The number of hydrogen-bond donors (Lipinski definition) is 1. The Morgan fingerprint density at radius 3 is 2.51 bits per heavy atom.